The molecule has 0 radical (unpaired) electrons. The van der Waals surface area contributed by atoms with E-state index in [1.165, 1.54) is 10.5 Å². The second-order valence-electron chi connectivity index (χ2n) is 8.20. The number of imide groups is 1. The molecule has 158 valence electrons. The number of aryl methyl sites for hydroxylation is 1. The van der Waals surface area contributed by atoms with Gasteiger partial charge in [0, 0.05) is 5.69 Å². The molecule has 0 atom stereocenters. The average molecular weight is 407 g/mol. The van der Waals surface area contributed by atoms with Crippen molar-refractivity contribution in [2.45, 2.75) is 46.6 Å². The number of benzene rings is 2. The molecule has 2 aromatic rings. The van der Waals surface area contributed by atoms with Gasteiger partial charge in [0.15, 0.2) is 0 Å². The molecular weight excluding hydrogens is 376 g/mol. The van der Waals surface area contributed by atoms with E-state index in [2.05, 4.69) is 19.2 Å². The zero-order chi connectivity index (χ0) is 21.8. The van der Waals surface area contributed by atoms with Gasteiger partial charge in [0.25, 0.3) is 11.8 Å². The normalized spacial score (nSPS) is 14.4. The zero-order valence-corrected chi connectivity index (χ0v) is 18.4. The third-order valence-corrected chi connectivity index (χ3v) is 5.12. The topological polar surface area (TPSA) is 58.6 Å². The highest BCUT2D eigenvalue weighted by atomic mass is 16.5. The molecule has 2 amide bonds. The number of hydrogen-bond acceptors (Lipinski definition) is 4. The quantitative estimate of drug-likeness (QED) is 0.644. The van der Waals surface area contributed by atoms with Crippen LogP contribution in [-0.2, 0) is 14.3 Å². The van der Waals surface area contributed by atoms with Crippen molar-refractivity contribution in [1.29, 1.82) is 0 Å². The molecule has 2 aromatic carbocycles. The Morgan fingerprint density at radius 1 is 0.900 bits per heavy atom. The summed E-state index contributed by atoms with van der Waals surface area (Å²) < 4.78 is 5.56. The zero-order valence-electron chi connectivity index (χ0n) is 18.4. The fraction of sp³-hybridized carbons (Fsp3) is 0.360. The molecule has 0 saturated heterocycles. The van der Waals surface area contributed by atoms with Crippen LogP contribution in [0, 0.1) is 6.92 Å². The van der Waals surface area contributed by atoms with Crippen molar-refractivity contribution in [3.05, 3.63) is 70.9 Å². The monoisotopic (exact) mass is 406 g/mol. The van der Waals surface area contributed by atoms with Gasteiger partial charge in [0.1, 0.15) is 5.70 Å². The second kappa shape index (κ2) is 9.26. The minimum absolute atomic E-state index is 0.0411. The first-order valence-corrected chi connectivity index (χ1v) is 10.4. The summed E-state index contributed by atoms with van der Waals surface area (Å²) in [6.45, 7) is 10.7. The standard InChI is InChI=1S/C25H30N2O3/c1-16(2)19-10-12-21(13-11-19)26-23-22(20-8-6-18(5)7-9-20)24(28)27(25(23)29)14-15-30-17(3)4/h6-13,16-17,26H,14-15H2,1-5H3. The fourth-order valence-electron chi connectivity index (χ4n) is 3.36. The predicted octanol–water partition coefficient (Wildman–Crippen LogP) is 4.74. The van der Waals surface area contributed by atoms with Crippen molar-refractivity contribution in [2.75, 3.05) is 18.5 Å². The van der Waals surface area contributed by atoms with Crippen LogP contribution < -0.4 is 5.32 Å². The molecule has 0 spiro atoms. The number of carbonyl (C=O) groups excluding carboxylic acids is 2. The molecule has 0 fully saturated rings. The lowest BCUT2D eigenvalue weighted by Gasteiger charge is -2.16. The van der Waals surface area contributed by atoms with Crippen LogP contribution in [0.25, 0.3) is 5.57 Å². The maximum atomic E-state index is 13.2. The summed E-state index contributed by atoms with van der Waals surface area (Å²) >= 11 is 0. The molecule has 5 heteroatoms. The number of hydrogen-bond donors (Lipinski definition) is 1. The number of nitrogens with one attached hydrogen (secondary N) is 1. The number of amides is 2. The summed E-state index contributed by atoms with van der Waals surface area (Å²) in [5, 5.41) is 3.21. The third-order valence-electron chi connectivity index (χ3n) is 5.12. The Morgan fingerprint density at radius 2 is 1.53 bits per heavy atom. The maximum Gasteiger partial charge on any atom is 0.278 e. The van der Waals surface area contributed by atoms with Gasteiger partial charge in [0.05, 0.1) is 24.8 Å². The second-order valence-corrected chi connectivity index (χ2v) is 8.20. The van der Waals surface area contributed by atoms with Crippen LogP contribution in [0.4, 0.5) is 5.69 Å². The molecule has 3 rings (SSSR count). The maximum absolute atomic E-state index is 13.2. The lowest BCUT2D eigenvalue weighted by atomic mass is 10.0. The van der Waals surface area contributed by atoms with Gasteiger partial charge in [-0.15, -0.1) is 0 Å². The highest BCUT2D eigenvalue weighted by molar-refractivity contribution is 6.36. The van der Waals surface area contributed by atoms with Gasteiger partial charge in [-0.1, -0.05) is 55.8 Å². The highest BCUT2D eigenvalue weighted by Crippen LogP contribution is 2.31. The Balaban J connectivity index is 1.93. The first kappa shape index (κ1) is 21.8. The van der Waals surface area contributed by atoms with E-state index in [4.69, 9.17) is 4.74 Å². The minimum atomic E-state index is -0.323. The molecule has 5 nitrogen and oxygen atoms in total. The van der Waals surface area contributed by atoms with Crippen LogP contribution in [0.5, 0.6) is 0 Å². The Labute approximate surface area is 178 Å². The molecular formula is C25H30N2O3. The van der Waals surface area contributed by atoms with Crippen molar-refractivity contribution >= 4 is 23.1 Å². The van der Waals surface area contributed by atoms with E-state index in [0.29, 0.717) is 23.8 Å². The van der Waals surface area contributed by atoms with E-state index >= 15 is 0 Å². The fourth-order valence-corrected chi connectivity index (χ4v) is 3.36. The molecule has 0 aromatic heterocycles. The third kappa shape index (κ3) is 4.79. The smallest absolute Gasteiger partial charge is 0.278 e. The van der Waals surface area contributed by atoms with Crippen molar-refractivity contribution in [3.63, 3.8) is 0 Å². The summed E-state index contributed by atoms with van der Waals surface area (Å²) in [4.78, 5) is 27.6. The molecule has 0 unspecified atom stereocenters. The molecule has 30 heavy (non-hydrogen) atoms. The van der Waals surface area contributed by atoms with Crippen molar-refractivity contribution < 1.29 is 14.3 Å². The number of rotatable bonds is 8. The van der Waals surface area contributed by atoms with E-state index in [9.17, 15) is 9.59 Å². The highest BCUT2D eigenvalue weighted by Gasteiger charge is 2.39. The van der Waals surface area contributed by atoms with Crippen LogP contribution in [0.1, 0.15) is 50.3 Å². The lowest BCUT2D eigenvalue weighted by molar-refractivity contribution is -0.137. The summed E-state index contributed by atoms with van der Waals surface area (Å²) in [6, 6.07) is 15.6. The van der Waals surface area contributed by atoms with E-state index in [1.54, 1.807) is 0 Å². The number of anilines is 1. The molecule has 1 heterocycles. The summed E-state index contributed by atoms with van der Waals surface area (Å²) in [5.41, 5.74) is 4.53. The Kier molecular flexibility index (Phi) is 6.73. The first-order chi connectivity index (χ1) is 14.3. The Bertz CT molecular complexity index is 941. The van der Waals surface area contributed by atoms with E-state index < -0.39 is 0 Å². The minimum Gasteiger partial charge on any atom is -0.377 e. The SMILES string of the molecule is Cc1ccc(C2=C(Nc3ccc(C(C)C)cc3)C(=O)N(CCOC(C)C)C2=O)cc1. The van der Waals surface area contributed by atoms with E-state index in [1.807, 2.05) is 69.3 Å². The van der Waals surface area contributed by atoms with Gasteiger partial charge in [-0.25, -0.2) is 0 Å². The van der Waals surface area contributed by atoms with E-state index in [0.717, 1.165) is 16.8 Å². The van der Waals surface area contributed by atoms with Crippen molar-refractivity contribution in [3.8, 4) is 0 Å². The lowest BCUT2D eigenvalue weighted by Crippen LogP contribution is -2.35. The molecule has 1 aliphatic rings. The van der Waals surface area contributed by atoms with Gasteiger partial charge in [-0.3, -0.25) is 14.5 Å². The molecule has 1 N–H and O–H groups in total. The van der Waals surface area contributed by atoms with Gasteiger partial charge in [0.2, 0.25) is 0 Å². The summed E-state index contributed by atoms with van der Waals surface area (Å²) in [5.74, 6) is -0.194. The molecule has 1 aliphatic heterocycles. The Morgan fingerprint density at radius 3 is 2.10 bits per heavy atom. The van der Waals surface area contributed by atoms with Crippen LogP contribution in [0.15, 0.2) is 54.2 Å². The largest absolute Gasteiger partial charge is 0.377 e. The van der Waals surface area contributed by atoms with Crippen LogP contribution >= 0.6 is 0 Å². The first-order valence-electron chi connectivity index (χ1n) is 10.4. The van der Waals surface area contributed by atoms with Crippen molar-refractivity contribution in [2.24, 2.45) is 0 Å². The van der Waals surface area contributed by atoms with Crippen molar-refractivity contribution in [1.82, 2.24) is 4.90 Å². The van der Waals surface area contributed by atoms with Crippen LogP contribution in [0.3, 0.4) is 0 Å². The molecule has 0 saturated carbocycles. The number of nitrogens with zero attached hydrogens (tertiary/aromatic N) is 1. The summed E-state index contributed by atoms with van der Waals surface area (Å²) in [6.07, 6.45) is 0.0411. The van der Waals surface area contributed by atoms with Crippen LogP contribution in [-0.4, -0.2) is 36.0 Å². The molecule has 0 aliphatic carbocycles. The number of ether oxygens (including phenoxy) is 1. The van der Waals surface area contributed by atoms with Gasteiger partial charge < -0.3 is 10.1 Å². The molecule has 0 bridgehead atoms. The van der Waals surface area contributed by atoms with Gasteiger partial charge in [-0.2, -0.15) is 0 Å². The van der Waals surface area contributed by atoms with E-state index in [-0.39, 0.29) is 24.5 Å². The predicted molar refractivity (Wildman–Crippen MR) is 120 cm³/mol. The Hall–Kier alpha value is -2.92. The summed E-state index contributed by atoms with van der Waals surface area (Å²) in [7, 11) is 0. The van der Waals surface area contributed by atoms with Crippen LogP contribution in [0.2, 0.25) is 0 Å². The number of carbonyl (C=O) groups is 2. The average Bonchev–Trinajstić information content (AvgIpc) is 2.93. The van der Waals surface area contributed by atoms with Gasteiger partial charge in [-0.05, 0) is 49.9 Å². The van der Waals surface area contributed by atoms with Gasteiger partial charge >= 0.3 is 0 Å².